The van der Waals surface area contributed by atoms with Crippen molar-refractivity contribution in [3.63, 3.8) is 0 Å². The maximum atomic E-state index is 14.4. The highest BCUT2D eigenvalue weighted by Gasteiger charge is 2.34. The number of carbonyl (C=O) groups is 1. The zero-order valence-corrected chi connectivity index (χ0v) is 11.8. The van der Waals surface area contributed by atoms with Gasteiger partial charge in [0.15, 0.2) is 0 Å². The van der Waals surface area contributed by atoms with Crippen LogP contribution in [-0.4, -0.2) is 38.4 Å². The number of carbonyl (C=O) groups excluding carboxylic acids is 1. The normalized spacial score (nSPS) is 23.4. The number of hydrogen-bond donors (Lipinski definition) is 2. The number of nitrogens with two attached hydrogens (primary N) is 1. The van der Waals surface area contributed by atoms with Crippen molar-refractivity contribution in [2.75, 3.05) is 31.1 Å². The molecule has 2 heterocycles. The molecular formula is C15H20FN3O2. The number of amides is 1. The van der Waals surface area contributed by atoms with Gasteiger partial charge in [0.25, 0.3) is 0 Å². The summed E-state index contributed by atoms with van der Waals surface area (Å²) in [5, 5.41) is 3.27. The second-order valence-corrected chi connectivity index (χ2v) is 5.55. The highest BCUT2D eigenvalue weighted by Crippen LogP contribution is 2.36. The smallest absolute Gasteiger partial charge is 0.414 e. The van der Waals surface area contributed by atoms with Gasteiger partial charge in [-0.25, -0.2) is 9.18 Å². The van der Waals surface area contributed by atoms with E-state index >= 15 is 0 Å². The fraction of sp³-hybridized carbons (Fsp3) is 0.533. The lowest BCUT2D eigenvalue weighted by Crippen LogP contribution is -2.31. The second kappa shape index (κ2) is 5.99. The van der Waals surface area contributed by atoms with Crippen LogP contribution in [0, 0.1) is 5.82 Å². The van der Waals surface area contributed by atoms with Crippen LogP contribution >= 0.6 is 0 Å². The largest absolute Gasteiger partial charge is 0.443 e. The van der Waals surface area contributed by atoms with Gasteiger partial charge >= 0.3 is 6.09 Å². The summed E-state index contributed by atoms with van der Waals surface area (Å²) in [7, 11) is 0. The second-order valence-electron chi connectivity index (χ2n) is 5.55. The number of piperidine rings is 1. The average Bonchev–Trinajstić information content (AvgIpc) is 2.89. The molecule has 0 bridgehead atoms. The Balaban J connectivity index is 1.95. The highest BCUT2D eigenvalue weighted by atomic mass is 19.1. The molecule has 1 aromatic carbocycles. The van der Waals surface area contributed by atoms with Crippen LogP contribution in [0.1, 0.15) is 24.3 Å². The fourth-order valence-electron chi connectivity index (χ4n) is 3.12. The molecule has 1 amide bonds. The molecule has 1 aromatic rings. The Morgan fingerprint density at radius 3 is 2.81 bits per heavy atom. The summed E-state index contributed by atoms with van der Waals surface area (Å²) in [6.45, 7) is 2.40. The number of rotatable bonds is 3. The van der Waals surface area contributed by atoms with Crippen molar-refractivity contribution < 1.29 is 13.9 Å². The molecule has 6 heteroatoms. The number of halogens is 1. The third-order valence-corrected chi connectivity index (χ3v) is 4.21. The van der Waals surface area contributed by atoms with E-state index in [1.54, 1.807) is 12.1 Å². The number of nitrogens with zero attached hydrogens (tertiary/aromatic N) is 1. The predicted molar refractivity (Wildman–Crippen MR) is 77.9 cm³/mol. The third kappa shape index (κ3) is 2.73. The van der Waals surface area contributed by atoms with E-state index in [0.717, 1.165) is 25.9 Å². The number of anilines is 1. The minimum absolute atomic E-state index is 0.132. The van der Waals surface area contributed by atoms with Crippen molar-refractivity contribution in [2.45, 2.75) is 24.9 Å². The zero-order chi connectivity index (χ0) is 14.8. The van der Waals surface area contributed by atoms with Crippen molar-refractivity contribution in [3.05, 3.63) is 29.6 Å². The molecule has 3 N–H and O–H groups in total. The maximum absolute atomic E-state index is 14.4. The molecule has 0 saturated carbocycles. The molecule has 0 spiro atoms. The van der Waals surface area contributed by atoms with Crippen molar-refractivity contribution in [1.82, 2.24) is 5.32 Å². The summed E-state index contributed by atoms with van der Waals surface area (Å²) < 4.78 is 19.6. The molecule has 0 aliphatic carbocycles. The van der Waals surface area contributed by atoms with Crippen molar-refractivity contribution in [1.29, 1.82) is 0 Å². The lowest BCUT2D eigenvalue weighted by atomic mass is 9.88. The standard InChI is InChI=1S/C15H20FN3O2/c16-12-2-1-3-13(14(12)10-4-6-18-7-5-10)19-9-11(8-17)21-15(19)20/h1-3,10-11,18H,4-9,17H2. The minimum Gasteiger partial charge on any atom is -0.443 e. The van der Waals surface area contributed by atoms with Gasteiger partial charge in [-0.15, -0.1) is 0 Å². The maximum Gasteiger partial charge on any atom is 0.414 e. The van der Waals surface area contributed by atoms with E-state index in [2.05, 4.69) is 5.32 Å². The van der Waals surface area contributed by atoms with E-state index in [-0.39, 0.29) is 24.4 Å². The molecular weight excluding hydrogens is 273 g/mol. The quantitative estimate of drug-likeness (QED) is 0.888. The molecule has 1 unspecified atom stereocenters. The van der Waals surface area contributed by atoms with E-state index in [0.29, 0.717) is 17.8 Å². The van der Waals surface area contributed by atoms with E-state index < -0.39 is 6.09 Å². The molecule has 21 heavy (non-hydrogen) atoms. The van der Waals surface area contributed by atoms with Crippen LogP contribution in [0.5, 0.6) is 0 Å². The van der Waals surface area contributed by atoms with Crippen LogP contribution in [0.25, 0.3) is 0 Å². The molecule has 2 aliphatic rings. The van der Waals surface area contributed by atoms with Gasteiger partial charge in [-0.3, -0.25) is 4.90 Å². The fourth-order valence-corrected chi connectivity index (χ4v) is 3.12. The van der Waals surface area contributed by atoms with Gasteiger partial charge in [0.1, 0.15) is 11.9 Å². The van der Waals surface area contributed by atoms with Gasteiger partial charge in [0.05, 0.1) is 12.2 Å². The first-order chi connectivity index (χ1) is 10.2. The van der Waals surface area contributed by atoms with Crippen molar-refractivity contribution >= 4 is 11.8 Å². The van der Waals surface area contributed by atoms with Gasteiger partial charge in [0.2, 0.25) is 0 Å². The van der Waals surface area contributed by atoms with Crippen LogP contribution in [0.3, 0.4) is 0 Å². The van der Waals surface area contributed by atoms with Gasteiger partial charge in [-0.2, -0.15) is 0 Å². The summed E-state index contributed by atoms with van der Waals surface area (Å²) in [5.74, 6) is -0.115. The molecule has 114 valence electrons. The van der Waals surface area contributed by atoms with Crippen LogP contribution in [0.4, 0.5) is 14.9 Å². The molecule has 5 nitrogen and oxygen atoms in total. The lowest BCUT2D eigenvalue weighted by Gasteiger charge is -2.27. The molecule has 2 fully saturated rings. The molecule has 3 rings (SSSR count). The predicted octanol–water partition coefficient (Wildman–Crippen LogP) is 1.58. The van der Waals surface area contributed by atoms with Crippen molar-refractivity contribution in [3.8, 4) is 0 Å². The van der Waals surface area contributed by atoms with Crippen LogP contribution in [0.2, 0.25) is 0 Å². The Bertz CT molecular complexity index is 532. The van der Waals surface area contributed by atoms with Crippen LogP contribution < -0.4 is 16.0 Å². The third-order valence-electron chi connectivity index (χ3n) is 4.21. The molecule has 1 atom stereocenters. The SMILES string of the molecule is NCC1CN(c2cccc(F)c2C2CCNCC2)C(=O)O1. The Hall–Kier alpha value is -1.66. The van der Waals surface area contributed by atoms with E-state index in [9.17, 15) is 9.18 Å². The van der Waals surface area contributed by atoms with Crippen molar-refractivity contribution in [2.24, 2.45) is 5.73 Å². The zero-order valence-electron chi connectivity index (χ0n) is 11.8. The number of nitrogens with one attached hydrogen (secondary N) is 1. The number of ether oxygens (including phenoxy) is 1. The van der Waals surface area contributed by atoms with Gasteiger partial charge in [-0.05, 0) is 44.0 Å². The van der Waals surface area contributed by atoms with Crippen LogP contribution in [0.15, 0.2) is 18.2 Å². The molecule has 0 radical (unpaired) electrons. The van der Waals surface area contributed by atoms with E-state index in [4.69, 9.17) is 10.5 Å². The molecule has 2 aliphatic heterocycles. The van der Waals surface area contributed by atoms with Gasteiger partial charge < -0.3 is 15.8 Å². The first-order valence-electron chi connectivity index (χ1n) is 7.38. The van der Waals surface area contributed by atoms with Crippen LogP contribution in [-0.2, 0) is 4.74 Å². The lowest BCUT2D eigenvalue weighted by molar-refractivity contribution is 0.145. The van der Waals surface area contributed by atoms with Gasteiger partial charge in [0, 0.05) is 12.1 Å². The van der Waals surface area contributed by atoms with E-state index in [1.165, 1.54) is 11.0 Å². The Morgan fingerprint density at radius 1 is 1.38 bits per heavy atom. The summed E-state index contributed by atoms with van der Waals surface area (Å²) in [4.78, 5) is 13.5. The first kappa shape index (κ1) is 14.3. The van der Waals surface area contributed by atoms with Gasteiger partial charge in [-0.1, -0.05) is 6.07 Å². The monoisotopic (exact) mass is 293 g/mol. The number of cyclic esters (lactones) is 1. The summed E-state index contributed by atoms with van der Waals surface area (Å²) >= 11 is 0. The Labute approximate surface area is 123 Å². The average molecular weight is 293 g/mol. The highest BCUT2D eigenvalue weighted by molar-refractivity contribution is 5.91. The summed E-state index contributed by atoms with van der Waals surface area (Å²) in [5.41, 5.74) is 6.82. The number of hydrogen-bond acceptors (Lipinski definition) is 4. The summed E-state index contributed by atoms with van der Waals surface area (Å²) in [6.07, 6.45) is 0.988. The minimum atomic E-state index is -0.439. The molecule has 2 saturated heterocycles. The Kier molecular flexibility index (Phi) is 4.07. The molecule has 0 aromatic heterocycles. The topological polar surface area (TPSA) is 67.6 Å². The summed E-state index contributed by atoms with van der Waals surface area (Å²) in [6, 6.07) is 4.89. The Morgan fingerprint density at radius 2 is 2.14 bits per heavy atom. The number of benzene rings is 1. The first-order valence-corrected chi connectivity index (χ1v) is 7.38. The van der Waals surface area contributed by atoms with E-state index in [1.807, 2.05) is 0 Å².